The molecule has 26 heavy (non-hydrogen) atoms. The third-order valence-electron chi connectivity index (χ3n) is 4.41. The Hall–Kier alpha value is -1.99. The summed E-state index contributed by atoms with van der Waals surface area (Å²) in [5.41, 5.74) is 11.9. The lowest BCUT2D eigenvalue weighted by molar-refractivity contribution is -0.138. The molecule has 1 aliphatic heterocycles. The molecule has 3 heterocycles. The van der Waals surface area contributed by atoms with Gasteiger partial charge in [-0.3, -0.25) is 9.36 Å². The van der Waals surface area contributed by atoms with Crippen molar-refractivity contribution in [1.29, 1.82) is 0 Å². The minimum Gasteiger partial charge on any atom is -0.480 e. The van der Waals surface area contributed by atoms with Gasteiger partial charge in [0.05, 0.1) is 6.33 Å². The molecule has 0 aliphatic carbocycles. The van der Waals surface area contributed by atoms with E-state index in [2.05, 4.69) is 27.6 Å². The summed E-state index contributed by atoms with van der Waals surface area (Å²) in [4.78, 5) is 22.9. The first-order valence-corrected chi connectivity index (χ1v) is 8.44. The molecule has 12 heteroatoms. The number of fused-ring (bicyclic) bond motifs is 1. The molecule has 0 radical (unpaired) electrons. The van der Waals surface area contributed by atoms with Crippen molar-refractivity contribution in [2.45, 2.75) is 48.7 Å². The number of aliphatic hydroxyl groups excluding tert-OH is 2. The van der Waals surface area contributed by atoms with Crippen LogP contribution in [-0.4, -0.2) is 70.4 Å². The molecular formula is C14H20N6O5S. The number of thiol groups is 1. The molecule has 0 bridgehead atoms. The fraction of sp³-hybridized carbons (Fsp3) is 0.571. The molecule has 142 valence electrons. The van der Waals surface area contributed by atoms with Gasteiger partial charge in [0.1, 0.15) is 36.2 Å². The second-order valence-electron chi connectivity index (χ2n) is 6.14. The van der Waals surface area contributed by atoms with Crippen LogP contribution in [0.3, 0.4) is 0 Å². The van der Waals surface area contributed by atoms with Crippen LogP contribution in [0.4, 0.5) is 5.82 Å². The highest BCUT2D eigenvalue weighted by molar-refractivity contribution is 7.81. The van der Waals surface area contributed by atoms with Crippen molar-refractivity contribution in [2.24, 2.45) is 5.73 Å². The van der Waals surface area contributed by atoms with Gasteiger partial charge in [0.2, 0.25) is 0 Å². The Kier molecular flexibility index (Phi) is 5.29. The van der Waals surface area contributed by atoms with E-state index >= 15 is 0 Å². The van der Waals surface area contributed by atoms with Gasteiger partial charge in [-0.15, -0.1) is 0 Å². The summed E-state index contributed by atoms with van der Waals surface area (Å²) < 4.78 is 7.25. The van der Waals surface area contributed by atoms with Crippen molar-refractivity contribution >= 4 is 35.6 Å². The van der Waals surface area contributed by atoms with E-state index in [1.807, 2.05) is 0 Å². The Bertz CT molecular complexity index is 803. The Morgan fingerprint density at radius 1 is 1.31 bits per heavy atom. The van der Waals surface area contributed by atoms with E-state index in [0.717, 1.165) is 0 Å². The molecule has 3 rings (SSSR count). The van der Waals surface area contributed by atoms with Gasteiger partial charge in [0.15, 0.2) is 17.7 Å². The van der Waals surface area contributed by atoms with E-state index < -0.39 is 41.8 Å². The predicted octanol–water partition coefficient (Wildman–Crippen LogP) is -1.48. The molecule has 1 unspecified atom stereocenters. The number of hydrogen-bond donors (Lipinski definition) is 6. The zero-order valence-corrected chi connectivity index (χ0v) is 14.5. The first-order valence-electron chi connectivity index (χ1n) is 7.92. The Morgan fingerprint density at radius 3 is 2.73 bits per heavy atom. The zero-order chi connectivity index (χ0) is 19.0. The minimum atomic E-state index is -1.25. The van der Waals surface area contributed by atoms with E-state index in [9.17, 15) is 15.0 Å². The highest BCUT2D eigenvalue weighted by Gasteiger charge is 2.46. The molecule has 0 spiro atoms. The molecule has 7 N–H and O–H groups in total. The van der Waals surface area contributed by atoms with E-state index in [-0.39, 0.29) is 18.7 Å². The van der Waals surface area contributed by atoms with Gasteiger partial charge >= 0.3 is 5.97 Å². The molecule has 11 nitrogen and oxygen atoms in total. The number of anilines is 1. The van der Waals surface area contributed by atoms with Gasteiger partial charge < -0.3 is 31.5 Å². The molecule has 1 fully saturated rings. The number of aromatic nitrogens is 4. The van der Waals surface area contributed by atoms with Crippen molar-refractivity contribution in [3.8, 4) is 0 Å². The van der Waals surface area contributed by atoms with Gasteiger partial charge in [-0.2, -0.15) is 12.6 Å². The van der Waals surface area contributed by atoms with E-state index in [0.29, 0.717) is 11.2 Å². The number of carboxylic acids is 1. The normalized spacial score (nSPS) is 28.3. The summed E-state index contributed by atoms with van der Waals surface area (Å²) in [6.07, 6.45) is -1.14. The maximum absolute atomic E-state index is 10.8. The zero-order valence-electron chi connectivity index (χ0n) is 13.6. The molecule has 6 atom stereocenters. The maximum atomic E-state index is 10.8. The minimum absolute atomic E-state index is 0.161. The molecule has 0 saturated carbocycles. The number of nitrogen functional groups attached to an aromatic ring is 1. The fourth-order valence-corrected chi connectivity index (χ4v) is 3.32. The number of ether oxygens (including phenoxy) is 1. The largest absolute Gasteiger partial charge is 0.480 e. The lowest BCUT2D eigenvalue weighted by Gasteiger charge is -2.22. The highest BCUT2D eigenvalue weighted by atomic mass is 32.1. The first-order chi connectivity index (χ1) is 12.3. The maximum Gasteiger partial charge on any atom is 0.320 e. The average Bonchev–Trinajstić information content (AvgIpc) is 3.15. The van der Waals surface area contributed by atoms with Gasteiger partial charge in [-0.05, 0) is 12.8 Å². The second-order valence-corrected chi connectivity index (χ2v) is 6.81. The Labute approximate surface area is 153 Å². The number of aliphatic hydroxyl groups is 2. The summed E-state index contributed by atoms with van der Waals surface area (Å²) in [6.45, 7) is 0. The van der Waals surface area contributed by atoms with E-state index in [4.69, 9.17) is 21.3 Å². The number of aliphatic carboxylic acids is 1. The number of carboxylic acid groups (broad SMARTS) is 1. The summed E-state index contributed by atoms with van der Waals surface area (Å²) in [6, 6.07) is -1.03. The van der Waals surface area contributed by atoms with Crippen molar-refractivity contribution in [2.75, 3.05) is 5.73 Å². The molecule has 2 aromatic heterocycles. The number of rotatable bonds is 6. The van der Waals surface area contributed by atoms with Crippen molar-refractivity contribution in [3.63, 3.8) is 0 Å². The summed E-state index contributed by atoms with van der Waals surface area (Å²) in [5.74, 6) is -0.924. The number of hydrogen-bond acceptors (Lipinski definition) is 10. The summed E-state index contributed by atoms with van der Waals surface area (Å²) in [7, 11) is 0. The second kappa shape index (κ2) is 7.32. The molecular weight excluding hydrogens is 364 g/mol. The number of nitrogens with two attached hydrogens (primary N) is 2. The summed E-state index contributed by atoms with van der Waals surface area (Å²) in [5, 5.41) is 29.0. The van der Waals surface area contributed by atoms with Crippen LogP contribution in [0, 0.1) is 0 Å². The summed E-state index contributed by atoms with van der Waals surface area (Å²) >= 11 is 4.38. The van der Waals surface area contributed by atoms with E-state index in [1.165, 1.54) is 17.2 Å². The lowest BCUT2D eigenvalue weighted by atomic mass is 10.0. The monoisotopic (exact) mass is 384 g/mol. The third-order valence-corrected chi connectivity index (χ3v) is 4.96. The van der Waals surface area contributed by atoms with Crippen LogP contribution in [0.5, 0.6) is 0 Å². The van der Waals surface area contributed by atoms with E-state index in [1.54, 1.807) is 0 Å². The highest BCUT2D eigenvalue weighted by Crippen LogP contribution is 2.35. The molecule has 1 saturated heterocycles. The van der Waals surface area contributed by atoms with Gasteiger partial charge in [-0.25, -0.2) is 15.0 Å². The van der Waals surface area contributed by atoms with Crippen LogP contribution in [0.2, 0.25) is 0 Å². The van der Waals surface area contributed by atoms with Gasteiger partial charge in [0, 0.05) is 5.25 Å². The Balaban J connectivity index is 1.77. The lowest BCUT2D eigenvalue weighted by Crippen LogP contribution is -2.38. The SMILES string of the molecule is Nc1ncnc2c1ncn2[C@@H]1O[C@H]([C@@H](S)CCC(N)C(=O)O)[C@@H](O)[C@H]1O. The number of carbonyl (C=O) groups is 1. The van der Waals surface area contributed by atoms with Crippen LogP contribution < -0.4 is 11.5 Å². The first kappa shape index (κ1) is 18.8. The van der Waals surface area contributed by atoms with Crippen molar-refractivity contribution in [1.82, 2.24) is 19.5 Å². The fourth-order valence-electron chi connectivity index (χ4n) is 2.93. The number of nitrogens with zero attached hydrogens (tertiary/aromatic N) is 4. The standard InChI is InChI=1S/C14H20N6O5S/c15-5(14(23)24)1-2-6(26)10-8(21)9(22)13(25-10)20-4-19-7-11(16)17-3-18-12(7)20/h3-6,8-10,13,21-22,26H,1-2,15H2,(H,23,24)(H2,16,17,18)/t5?,6-,8-,9+,10+,13+/m0/s1. The Morgan fingerprint density at radius 2 is 2.04 bits per heavy atom. The quantitative estimate of drug-likeness (QED) is 0.321. The average molecular weight is 384 g/mol. The van der Waals surface area contributed by atoms with Crippen LogP contribution in [0.1, 0.15) is 19.1 Å². The smallest absolute Gasteiger partial charge is 0.320 e. The van der Waals surface area contributed by atoms with Crippen LogP contribution in [-0.2, 0) is 9.53 Å². The topological polar surface area (TPSA) is 183 Å². The number of imidazole rings is 1. The molecule has 2 aromatic rings. The molecule has 0 aromatic carbocycles. The van der Waals surface area contributed by atoms with Crippen molar-refractivity contribution < 1.29 is 24.9 Å². The molecule has 0 amide bonds. The van der Waals surface area contributed by atoms with Crippen molar-refractivity contribution in [3.05, 3.63) is 12.7 Å². The molecule has 1 aliphatic rings. The van der Waals surface area contributed by atoms with Crippen LogP contribution >= 0.6 is 12.6 Å². The van der Waals surface area contributed by atoms with Gasteiger partial charge in [-0.1, -0.05) is 0 Å². The third kappa shape index (κ3) is 3.33. The van der Waals surface area contributed by atoms with Crippen LogP contribution in [0.25, 0.3) is 11.2 Å². The van der Waals surface area contributed by atoms with Crippen LogP contribution in [0.15, 0.2) is 12.7 Å². The van der Waals surface area contributed by atoms with Gasteiger partial charge in [0.25, 0.3) is 0 Å². The predicted molar refractivity (Wildman–Crippen MR) is 93.3 cm³/mol.